The zero-order valence-electron chi connectivity index (χ0n) is 15.4. The molecule has 4 aromatic rings. The summed E-state index contributed by atoms with van der Waals surface area (Å²) >= 11 is 1.70. The molecular formula is C21H15N3O4S2. The highest BCUT2D eigenvalue weighted by Crippen LogP contribution is 2.09. The summed E-state index contributed by atoms with van der Waals surface area (Å²) < 4.78 is 12.5. The lowest BCUT2D eigenvalue weighted by atomic mass is 10.2. The van der Waals surface area contributed by atoms with E-state index in [1.165, 1.54) is 0 Å². The van der Waals surface area contributed by atoms with Crippen LogP contribution in [0.1, 0.15) is 32.6 Å². The summed E-state index contributed by atoms with van der Waals surface area (Å²) in [5.74, 6) is -0.271. The quantitative estimate of drug-likeness (QED) is 0.483. The molecule has 0 aliphatic heterocycles. The Kier molecular flexibility index (Phi) is 7.53. The molecule has 0 saturated heterocycles. The van der Waals surface area contributed by atoms with E-state index in [2.05, 4.69) is 13.7 Å². The van der Waals surface area contributed by atoms with Gasteiger partial charge < -0.3 is 9.52 Å². The number of carboxylic acids is 1. The molecule has 0 aliphatic carbocycles. The second kappa shape index (κ2) is 10.7. The van der Waals surface area contributed by atoms with Gasteiger partial charge in [0.25, 0.3) is 0 Å². The third-order valence-electron chi connectivity index (χ3n) is 3.47. The van der Waals surface area contributed by atoms with E-state index in [4.69, 9.17) is 9.52 Å². The normalized spacial score (nSPS) is 10.8. The van der Waals surface area contributed by atoms with Gasteiger partial charge in [0.15, 0.2) is 5.82 Å². The molecule has 0 aliphatic rings. The van der Waals surface area contributed by atoms with Gasteiger partial charge in [-0.3, -0.25) is 0 Å². The predicted octanol–water partition coefficient (Wildman–Crippen LogP) is 4.67. The molecule has 0 unspecified atom stereocenters. The van der Waals surface area contributed by atoms with Crippen molar-refractivity contribution in [2.24, 2.45) is 0 Å². The molecule has 0 radical (unpaired) electrons. The molecule has 2 heterocycles. The fraction of sp³-hybridized carbons (Fsp3) is 0. The van der Waals surface area contributed by atoms with Crippen LogP contribution in [0.3, 0.4) is 0 Å². The molecular weight excluding hydrogens is 422 g/mol. The van der Waals surface area contributed by atoms with Gasteiger partial charge in [-0.15, -0.1) is 4.37 Å². The third-order valence-corrected chi connectivity index (χ3v) is 4.69. The maximum atomic E-state index is 10.7. The molecule has 9 heteroatoms. The lowest BCUT2D eigenvalue weighted by Crippen LogP contribution is -1.93. The Morgan fingerprint density at radius 2 is 1.43 bits per heavy atom. The van der Waals surface area contributed by atoms with E-state index in [9.17, 15) is 9.59 Å². The Bertz CT molecular complexity index is 1200. The monoisotopic (exact) mass is 437 g/mol. The van der Waals surface area contributed by atoms with Crippen molar-refractivity contribution in [3.05, 3.63) is 98.2 Å². The van der Waals surface area contributed by atoms with E-state index in [1.54, 1.807) is 12.2 Å². The molecule has 1 N–H and O–H groups in total. The first-order valence-electron chi connectivity index (χ1n) is 8.60. The van der Waals surface area contributed by atoms with Crippen molar-refractivity contribution in [1.29, 1.82) is 0 Å². The van der Waals surface area contributed by atoms with Gasteiger partial charge in [-0.05, 0) is 34.8 Å². The average molecular weight is 438 g/mol. The number of carboxylic acid groups (broad SMARTS) is 1. The van der Waals surface area contributed by atoms with Gasteiger partial charge in [0.1, 0.15) is 0 Å². The van der Waals surface area contributed by atoms with Gasteiger partial charge in [-0.1, -0.05) is 66.7 Å². The minimum absolute atomic E-state index is 0.00714. The Balaban J connectivity index is 0.000000172. The van der Waals surface area contributed by atoms with E-state index in [0.717, 1.165) is 34.2 Å². The lowest BCUT2D eigenvalue weighted by Gasteiger charge is -1.88. The lowest BCUT2D eigenvalue weighted by molar-refractivity contribution is 0.0696. The molecule has 0 bridgehead atoms. The van der Waals surface area contributed by atoms with Gasteiger partial charge in [0.05, 0.1) is 11.5 Å². The Labute approximate surface area is 179 Å². The maximum Gasteiger partial charge on any atom is 0.414 e. The van der Waals surface area contributed by atoms with Crippen LogP contribution in [0.15, 0.2) is 69.9 Å². The summed E-state index contributed by atoms with van der Waals surface area (Å²) in [6.45, 7) is 0. The highest BCUT2D eigenvalue weighted by atomic mass is 32.1. The number of hydrogen-bond donors (Lipinski definition) is 1. The van der Waals surface area contributed by atoms with Gasteiger partial charge in [-0.2, -0.15) is 4.37 Å². The van der Waals surface area contributed by atoms with Crippen LogP contribution in [0.4, 0.5) is 0 Å². The number of aromatic nitrogens is 3. The first-order valence-corrected chi connectivity index (χ1v) is 10.1. The first-order chi connectivity index (χ1) is 14.6. The zero-order chi connectivity index (χ0) is 21.2. The fourth-order valence-corrected chi connectivity index (χ4v) is 3.00. The summed E-state index contributed by atoms with van der Waals surface area (Å²) in [4.78, 5) is 24.7. The molecule has 0 amide bonds. The smallest absolute Gasteiger partial charge is 0.414 e. The SMILES string of the molecule is O=C(O)c1nc(/C=C/c2ccccc2)ns1.O=c1oc(/C=C/c2ccccc2)ns1. The average Bonchev–Trinajstić information content (AvgIpc) is 3.42. The first kappa shape index (κ1) is 21.0. The van der Waals surface area contributed by atoms with Crippen molar-refractivity contribution in [2.45, 2.75) is 0 Å². The van der Waals surface area contributed by atoms with Crippen molar-refractivity contribution in [2.75, 3.05) is 0 Å². The van der Waals surface area contributed by atoms with Gasteiger partial charge in [-0.25, -0.2) is 14.6 Å². The summed E-state index contributed by atoms with van der Waals surface area (Å²) in [6, 6.07) is 19.4. The summed E-state index contributed by atoms with van der Waals surface area (Å²) in [7, 11) is 0. The van der Waals surface area contributed by atoms with Gasteiger partial charge >= 0.3 is 10.9 Å². The number of benzene rings is 2. The Morgan fingerprint density at radius 3 is 1.93 bits per heavy atom. The summed E-state index contributed by atoms with van der Waals surface area (Å²) in [5, 5.41) is 8.67. The maximum absolute atomic E-state index is 10.7. The number of nitrogens with zero attached hydrogens (tertiary/aromatic N) is 3. The number of carbonyl (C=O) groups is 1. The molecule has 2 aromatic carbocycles. The van der Waals surface area contributed by atoms with Crippen LogP contribution in [-0.2, 0) is 0 Å². The number of hydrogen-bond acceptors (Lipinski definition) is 8. The van der Waals surface area contributed by atoms with Crippen LogP contribution in [0.2, 0.25) is 0 Å². The second-order valence-electron chi connectivity index (χ2n) is 5.62. The predicted molar refractivity (Wildman–Crippen MR) is 118 cm³/mol. The molecule has 2 aromatic heterocycles. The van der Waals surface area contributed by atoms with Crippen LogP contribution in [0.5, 0.6) is 0 Å². The largest absolute Gasteiger partial charge is 0.476 e. The molecule has 4 rings (SSSR count). The molecule has 0 atom stereocenters. The van der Waals surface area contributed by atoms with E-state index < -0.39 is 5.97 Å². The van der Waals surface area contributed by atoms with Crippen LogP contribution < -0.4 is 4.94 Å². The highest BCUT2D eigenvalue weighted by molar-refractivity contribution is 7.07. The van der Waals surface area contributed by atoms with Crippen molar-refractivity contribution in [3.63, 3.8) is 0 Å². The highest BCUT2D eigenvalue weighted by Gasteiger charge is 2.08. The number of aromatic carboxylic acids is 1. The molecule has 7 nitrogen and oxygen atoms in total. The summed E-state index contributed by atoms with van der Waals surface area (Å²) in [6.07, 6.45) is 7.05. The van der Waals surface area contributed by atoms with Crippen molar-refractivity contribution >= 4 is 53.3 Å². The topological polar surface area (TPSA) is 106 Å². The van der Waals surface area contributed by atoms with E-state index in [-0.39, 0.29) is 9.95 Å². The van der Waals surface area contributed by atoms with Crippen LogP contribution in [-0.4, -0.2) is 24.8 Å². The van der Waals surface area contributed by atoms with Crippen molar-refractivity contribution in [3.8, 4) is 0 Å². The molecule has 0 spiro atoms. The Hall–Kier alpha value is -3.69. The zero-order valence-corrected chi connectivity index (χ0v) is 17.0. The van der Waals surface area contributed by atoms with E-state index >= 15 is 0 Å². The second-order valence-corrected chi connectivity index (χ2v) is 7.07. The molecule has 0 fully saturated rings. The molecule has 0 saturated carbocycles. The van der Waals surface area contributed by atoms with E-state index in [0.29, 0.717) is 11.7 Å². The van der Waals surface area contributed by atoms with Crippen molar-refractivity contribution < 1.29 is 14.3 Å². The van der Waals surface area contributed by atoms with Crippen LogP contribution in [0, 0.1) is 0 Å². The standard InChI is InChI=1S/C11H8N2O2S.C10H7NO2S/c14-11(15)10-12-9(13-16-10)7-6-8-4-2-1-3-5-8;12-10-13-9(11-14-10)7-6-8-4-2-1-3-5-8/h1-7H,(H,14,15);1-7H/b2*7-6+. The summed E-state index contributed by atoms with van der Waals surface area (Å²) in [5.41, 5.74) is 2.07. The van der Waals surface area contributed by atoms with Crippen LogP contribution in [0.25, 0.3) is 24.3 Å². The fourth-order valence-electron chi connectivity index (χ4n) is 2.13. The van der Waals surface area contributed by atoms with Crippen molar-refractivity contribution in [1.82, 2.24) is 13.7 Å². The Morgan fingerprint density at radius 1 is 0.833 bits per heavy atom. The third kappa shape index (κ3) is 6.73. The van der Waals surface area contributed by atoms with Gasteiger partial charge in [0.2, 0.25) is 10.9 Å². The molecule has 30 heavy (non-hydrogen) atoms. The van der Waals surface area contributed by atoms with Crippen LogP contribution >= 0.6 is 23.1 Å². The van der Waals surface area contributed by atoms with Gasteiger partial charge in [0, 0.05) is 6.08 Å². The molecule has 150 valence electrons. The minimum Gasteiger partial charge on any atom is -0.476 e. The minimum atomic E-state index is -1.04. The van der Waals surface area contributed by atoms with E-state index in [1.807, 2.05) is 72.8 Å². The number of rotatable bonds is 5.